The van der Waals surface area contributed by atoms with Gasteiger partial charge in [0.05, 0.1) is 17.1 Å². The second-order valence-electron chi connectivity index (χ2n) is 6.56. The molecular formula is C21H23F3IN5O. The monoisotopic (exact) mass is 545 g/mol. The van der Waals surface area contributed by atoms with Crippen molar-refractivity contribution in [3.05, 3.63) is 72.1 Å². The number of nitrogens with two attached hydrogens (primary N) is 1. The zero-order valence-corrected chi connectivity index (χ0v) is 19.1. The first-order chi connectivity index (χ1) is 14.3. The van der Waals surface area contributed by atoms with Crippen molar-refractivity contribution >= 4 is 35.6 Å². The van der Waals surface area contributed by atoms with Gasteiger partial charge in [-0.25, -0.2) is 4.68 Å². The number of halogens is 4. The van der Waals surface area contributed by atoms with Crippen LogP contribution in [0.3, 0.4) is 0 Å². The minimum absolute atomic E-state index is 0. The number of nitrogens with one attached hydrogen (secondary N) is 1. The van der Waals surface area contributed by atoms with Gasteiger partial charge >= 0.3 is 6.36 Å². The quantitative estimate of drug-likeness (QED) is 0.189. The van der Waals surface area contributed by atoms with Gasteiger partial charge in [0.15, 0.2) is 11.7 Å². The number of ether oxygens (including phenoxy) is 1. The van der Waals surface area contributed by atoms with Crippen molar-refractivity contribution in [1.82, 2.24) is 9.78 Å². The molecule has 0 radical (unpaired) electrons. The number of hydrogen-bond donors (Lipinski definition) is 2. The molecule has 3 N–H and O–H groups in total. The fourth-order valence-electron chi connectivity index (χ4n) is 2.88. The summed E-state index contributed by atoms with van der Waals surface area (Å²) in [6.07, 6.45) is -1.33. The van der Waals surface area contributed by atoms with Crippen LogP contribution >= 0.6 is 24.0 Å². The van der Waals surface area contributed by atoms with Crippen molar-refractivity contribution in [3.63, 3.8) is 0 Å². The Morgan fingerprint density at radius 3 is 2.52 bits per heavy atom. The van der Waals surface area contributed by atoms with Gasteiger partial charge in [0.25, 0.3) is 0 Å². The number of anilines is 1. The number of para-hydroxylation sites is 3. The van der Waals surface area contributed by atoms with Gasteiger partial charge in [-0.15, -0.1) is 37.1 Å². The average Bonchev–Trinajstić information content (AvgIpc) is 3.07. The molecule has 3 rings (SSSR count). The van der Waals surface area contributed by atoms with Crippen molar-refractivity contribution in [3.8, 4) is 11.4 Å². The maximum atomic E-state index is 12.5. The fraction of sp³-hybridized carbons (Fsp3) is 0.238. The van der Waals surface area contributed by atoms with E-state index < -0.39 is 6.36 Å². The van der Waals surface area contributed by atoms with Crippen LogP contribution in [0.15, 0.2) is 65.8 Å². The van der Waals surface area contributed by atoms with Gasteiger partial charge in [-0.2, -0.15) is 5.10 Å². The van der Waals surface area contributed by atoms with Crippen LogP contribution in [0.1, 0.15) is 17.7 Å². The van der Waals surface area contributed by atoms with Crippen molar-refractivity contribution in [2.75, 3.05) is 11.9 Å². The van der Waals surface area contributed by atoms with E-state index in [2.05, 4.69) is 20.1 Å². The van der Waals surface area contributed by atoms with E-state index >= 15 is 0 Å². The normalized spacial score (nSPS) is 11.7. The smallest absolute Gasteiger partial charge is 0.404 e. The summed E-state index contributed by atoms with van der Waals surface area (Å²) in [4.78, 5) is 4.19. The molecule has 0 saturated heterocycles. The van der Waals surface area contributed by atoms with Crippen LogP contribution in [0.5, 0.6) is 5.75 Å². The standard InChI is InChI=1S/C21H22F3N5O.HI/c1-15-16(14-29(28-15)17-9-3-2-4-10-17)8-7-13-26-20(25)27-18-11-5-6-12-19(18)30-21(22,23)24;/h2-6,9-12,14H,7-8,13H2,1H3,(H3,25,26,27);1H. The maximum Gasteiger partial charge on any atom is 0.573 e. The number of benzene rings is 2. The number of aryl methyl sites for hydroxylation is 2. The molecule has 10 heteroatoms. The van der Waals surface area contributed by atoms with E-state index in [1.807, 2.05) is 48.1 Å². The van der Waals surface area contributed by atoms with E-state index in [9.17, 15) is 13.2 Å². The second-order valence-corrected chi connectivity index (χ2v) is 6.56. The predicted octanol–water partition coefficient (Wildman–Crippen LogP) is 5.06. The number of guanidine groups is 1. The first kappa shape index (κ1) is 24.5. The Labute approximate surface area is 195 Å². The third kappa shape index (κ3) is 7.46. The molecule has 166 valence electrons. The summed E-state index contributed by atoms with van der Waals surface area (Å²) in [5, 5.41) is 7.18. The van der Waals surface area contributed by atoms with Crippen molar-refractivity contribution in [1.29, 1.82) is 0 Å². The number of aromatic nitrogens is 2. The summed E-state index contributed by atoms with van der Waals surface area (Å²) in [5.41, 5.74) is 8.93. The van der Waals surface area contributed by atoms with Gasteiger partial charge in [-0.05, 0) is 49.6 Å². The number of aliphatic imine (C=N–C) groups is 1. The molecule has 3 aromatic rings. The molecule has 0 bridgehead atoms. The van der Waals surface area contributed by atoms with Crippen LogP contribution in [0, 0.1) is 6.92 Å². The third-order valence-electron chi connectivity index (χ3n) is 4.28. The molecular weight excluding hydrogens is 522 g/mol. The van der Waals surface area contributed by atoms with Gasteiger partial charge in [-0.1, -0.05) is 30.3 Å². The SMILES string of the molecule is Cc1nn(-c2ccccc2)cc1CCCN=C(N)Nc1ccccc1OC(F)(F)F.I. The van der Waals surface area contributed by atoms with E-state index in [4.69, 9.17) is 5.73 Å². The number of alkyl halides is 3. The highest BCUT2D eigenvalue weighted by atomic mass is 127. The molecule has 0 atom stereocenters. The first-order valence-electron chi connectivity index (χ1n) is 9.34. The Balaban J connectivity index is 0.00000341. The van der Waals surface area contributed by atoms with Gasteiger partial charge in [-0.3, -0.25) is 4.99 Å². The Morgan fingerprint density at radius 2 is 1.81 bits per heavy atom. The second kappa shape index (κ2) is 11.0. The predicted molar refractivity (Wildman–Crippen MR) is 125 cm³/mol. The number of rotatable bonds is 7. The summed E-state index contributed by atoms with van der Waals surface area (Å²) in [6.45, 7) is 2.36. The number of hydrogen-bond acceptors (Lipinski definition) is 3. The molecule has 1 heterocycles. The van der Waals surface area contributed by atoms with Gasteiger partial charge in [0.2, 0.25) is 0 Å². The van der Waals surface area contributed by atoms with Crippen molar-refractivity contribution in [2.45, 2.75) is 26.1 Å². The maximum absolute atomic E-state index is 12.5. The molecule has 2 aromatic carbocycles. The van der Waals surface area contributed by atoms with Crippen molar-refractivity contribution < 1.29 is 17.9 Å². The van der Waals surface area contributed by atoms with Crippen LogP contribution in [0.4, 0.5) is 18.9 Å². The molecule has 0 amide bonds. The van der Waals surface area contributed by atoms with Crippen LogP contribution in [0.25, 0.3) is 5.69 Å². The van der Waals surface area contributed by atoms with Crippen LogP contribution < -0.4 is 15.8 Å². The van der Waals surface area contributed by atoms with Gasteiger partial charge in [0.1, 0.15) is 0 Å². The summed E-state index contributed by atoms with van der Waals surface area (Å²) >= 11 is 0. The van der Waals surface area contributed by atoms with Gasteiger partial charge < -0.3 is 15.8 Å². The molecule has 0 saturated carbocycles. The summed E-state index contributed by atoms with van der Waals surface area (Å²) < 4.78 is 43.3. The minimum atomic E-state index is -4.79. The van der Waals surface area contributed by atoms with E-state index in [0.717, 1.165) is 23.4 Å². The summed E-state index contributed by atoms with van der Waals surface area (Å²) in [7, 11) is 0. The molecule has 0 aliphatic carbocycles. The van der Waals surface area contributed by atoms with Crippen molar-refractivity contribution in [2.24, 2.45) is 10.7 Å². The lowest BCUT2D eigenvalue weighted by Gasteiger charge is -2.14. The lowest BCUT2D eigenvalue weighted by Crippen LogP contribution is -2.24. The highest BCUT2D eigenvalue weighted by molar-refractivity contribution is 14.0. The Morgan fingerprint density at radius 1 is 1.13 bits per heavy atom. The molecule has 1 aromatic heterocycles. The third-order valence-corrected chi connectivity index (χ3v) is 4.28. The summed E-state index contributed by atoms with van der Waals surface area (Å²) in [5.74, 6) is -0.350. The van der Waals surface area contributed by atoms with E-state index in [1.165, 1.54) is 18.2 Å². The summed E-state index contributed by atoms with van der Waals surface area (Å²) in [6, 6.07) is 15.5. The number of nitrogens with zero attached hydrogens (tertiary/aromatic N) is 3. The van der Waals surface area contributed by atoms with Gasteiger partial charge in [0, 0.05) is 12.7 Å². The Hall–Kier alpha value is -2.76. The lowest BCUT2D eigenvalue weighted by molar-refractivity contribution is -0.274. The molecule has 0 aliphatic rings. The minimum Gasteiger partial charge on any atom is -0.404 e. The largest absolute Gasteiger partial charge is 0.573 e. The van der Waals surface area contributed by atoms with E-state index in [0.29, 0.717) is 13.0 Å². The molecule has 6 nitrogen and oxygen atoms in total. The van der Waals surface area contributed by atoms with Crippen LogP contribution in [0.2, 0.25) is 0 Å². The zero-order valence-electron chi connectivity index (χ0n) is 16.8. The molecule has 31 heavy (non-hydrogen) atoms. The van der Waals surface area contributed by atoms with Crippen LogP contribution in [-0.2, 0) is 6.42 Å². The zero-order chi connectivity index (χ0) is 21.6. The van der Waals surface area contributed by atoms with Crippen LogP contribution in [-0.4, -0.2) is 28.6 Å². The topological polar surface area (TPSA) is 77.5 Å². The Bertz CT molecular complexity index is 1010. The highest BCUT2D eigenvalue weighted by Gasteiger charge is 2.32. The highest BCUT2D eigenvalue weighted by Crippen LogP contribution is 2.29. The molecule has 0 spiro atoms. The Kier molecular flexibility index (Phi) is 8.72. The first-order valence-corrected chi connectivity index (χ1v) is 9.34. The lowest BCUT2D eigenvalue weighted by atomic mass is 10.1. The molecule has 0 unspecified atom stereocenters. The molecule has 0 fully saturated rings. The van der Waals surface area contributed by atoms with E-state index in [-0.39, 0.29) is 41.4 Å². The molecule has 0 aliphatic heterocycles. The van der Waals surface area contributed by atoms with E-state index in [1.54, 1.807) is 6.07 Å². The average molecular weight is 545 g/mol. The fourth-order valence-corrected chi connectivity index (χ4v) is 2.88.